The number of nitrogens with two attached hydrogens (primary N) is 1. The molecule has 1 aliphatic heterocycles. The molecule has 0 saturated carbocycles. The third kappa shape index (κ3) is 7.01. The number of primary amides is 1. The van der Waals surface area contributed by atoms with Crippen molar-refractivity contribution in [1.82, 2.24) is 20.3 Å². The van der Waals surface area contributed by atoms with E-state index in [9.17, 15) is 9.59 Å². The summed E-state index contributed by atoms with van der Waals surface area (Å²) in [5.74, 6) is -0.417. The maximum Gasteiger partial charge on any atom is 0.341 e. The molecule has 1 atom stereocenters. The number of likely N-dealkylation sites (tertiary alicyclic amines) is 1. The lowest BCUT2D eigenvalue weighted by molar-refractivity contribution is -0.00160. The van der Waals surface area contributed by atoms with Gasteiger partial charge in [0, 0.05) is 37.9 Å². The Kier molecular flexibility index (Phi) is 9.44. The number of nitrogens with one attached hydrogen (secondary N) is 1. The second-order valence-corrected chi connectivity index (χ2v) is 10.1. The first-order chi connectivity index (χ1) is 16.3. The van der Waals surface area contributed by atoms with Crippen LogP contribution in [0.25, 0.3) is 0 Å². The number of pyridine rings is 1. The Morgan fingerprint density at radius 3 is 2.65 bits per heavy atom. The van der Waals surface area contributed by atoms with Crippen LogP contribution in [0.15, 0.2) is 29.1 Å². The minimum atomic E-state index is -0.417. The molecule has 8 nitrogen and oxygen atoms in total. The molecule has 9 heteroatoms. The summed E-state index contributed by atoms with van der Waals surface area (Å²) in [5.41, 5.74) is 11.5. The van der Waals surface area contributed by atoms with E-state index in [4.69, 9.17) is 10.6 Å². The lowest BCUT2D eigenvalue weighted by atomic mass is 9.98. The van der Waals surface area contributed by atoms with Gasteiger partial charge in [0.1, 0.15) is 0 Å². The van der Waals surface area contributed by atoms with Crippen molar-refractivity contribution >= 4 is 23.3 Å². The van der Waals surface area contributed by atoms with Gasteiger partial charge in [0.05, 0.1) is 17.4 Å². The number of hydroxylamine groups is 1. The molecule has 0 radical (unpaired) electrons. The van der Waals surface area contributed by atoms with Crippen molar-refractivity contribution in [2.24, 2.45) is 5.73 Å². The molecule has 0 aliphatic carbocycles. The molecule has 186 valence electrons. The zero-order chi connectivity index (χ0) is 24.7. The fraction of sp³-hybridized carbons (Fsp3) is 0.560. The summed E-state index contributed by atoms with van der Waals surface area (Å²) in [6, 6.07) is 4.19. The van der Waals surface area contributed by atoms with Crippen molar-refractivity contribution in [1.29, 1.82) is 0 Å². The first kappa shape index (κ1) is 26.1. The maximum atomic E-state index is 12.9. The molecular weight excluding hydrogens is 450 g/mol. The first-order valence-electron chi connectivity index (χ1n) is 12.0. The molecule has 1 fully saturated rings. The number of urea groups is 1. The molecule has 2 aromatic rings. The molecule has 1 aliphatic rings. The molecule has 0 unspecified atom stereocenters. The summed E-state index contributed by atoms with van der Waals surface area (Å²) in [5, 5.41) is 4.12. The molecule has 0 bridgehead atoms. The number of aromatic nitrogens is 1. The predicted molar refractivity (Wildman–Crippen MR) is 134 cm³/mol. The number of piperidine rings is 1. The lowest BCUT2D eigenvalue weighted by Crippen LogP contribution is -2.51. The van der Waals surface area contributed by atoms with E-state index in [1.807, 2.05) is 37.1 Å². The van der Waals surface area contributed by atoms with E-state index in [0.717, 1.165) is 49.2 Å². The number of aryl methyl sites for hydroxylation is 2. The zero-order valence-corrected chi connectivity index (χ0v) is 21.4. The van der Waals surface area contributed by atoms with Gasteiger partial charge in [-0.25, -0.2) is 10.3 Å². The van der Waals surface area contributed by atoms with Gasteiger partial charge in [-0.3, -0.25) is 14.6 Å². The SMILES string of the molecule is Cc1ccnc(CC[C@@H](C)N2CCC(N(Cc3ccsc3)C(=O)NOC(C)C)CC2)c1C(N)=O. The van der Waals surface area contributed by atoms with E-state index in [1.165, 1.54) is 0 Å². The van der Waals surface area contributed by atoms with E-state index >= 15 is 0 Å². The Bertz CT molecular complexity index is 942. The zero-order valence-electron chi connectivity index (χ0n) is 20.6. The van der Waals surface area contributed by atoms with Crippen molar-refractivity contribution in [2.75, 3.05) is 13.1 Å². The van der Waals surface area contributed by atoms with E-state index in [-0.39, 0.29) is 18.2 Å². The highest BCUT2D eigenvalue weighted by molar-refractivity contribution is 7.07. The summed E-state index contributed by atoms with van der Waals surface area (Å²) in [6.45, 7) is 10.3. The highest BCUT2D eigenvalue weighted by atomic mass is 32.1. The Balaban J connectivity index is 1.57. The van der Waals surface area contributed by atoms with Crippen LogP contribution in [0.3, 0.4) is 0 Å². The Morgan fingerprint density at radius 2 is 2.03 bits per heavy atom. The Morgan fingerprint density at radius 1 is 1.29 bits per heavy atom. The number of carbonyl (C=O) groups is 2. The second kappa shape index (κ2) is 12.3. The van der Waals surface area contributed by atoms with E-state index in [0.29, 0.717) is 24.6 Å². The standard InChI is InChI=1S/C25H37N5O3S/c1-17(2)33-28-25(32)30(15-20-10-14-34-16-20)21-8-12-29(13-9-21)19(4)5-6-22-23(24(26)31)18(3)7-11-27-22/h7,10-11,14,16-17,19,21H,5-6,8-9,12-13,15H2,1-4H3,(H2,26,31)(H,28,32)/t19-/m1/s1. The molecule has 3 heterocycles. The van der Waals surface area contributed by atoms with Gasteiger partial charge in [-0.05, 0) is 87.4 Å². The van der Waals surface area contributed by atoms with Gasteiger partial charge in [-0.15, -0.1) is 0 Å². The van der Waals surface area contributed by atoms with Gasteiger partial charge in [-0.2, -0.15) is 11.3 Å². The van der Waals surface area contributed by atoms with Crippen LogP contribution in [-0.4, -0.2) is 58.0 Å². The van der Waals surface area contributed by atoms with Gasteiger partial charge in [0.2, 0.25) is 0 Å². The quantitative estimate of drug-likeness (QED) is 0.495. The number of hydrogen-bond donors (Lipinski definition) is 2. The second-order valence-electron chi connectivity index (χ2n) is 9.30. The largest absolute Gasteiger partial charge is 0.366 e. The average molecular weight is 488 g/mol. The minimum absolute atomic E-state index is 0.0763. The fourth-order valence-electron chi connectivity index (χ4n) is 4.48. The molecule has 3 rings (SSSR count). The molecular formula is C25H37N5O3S. The number of hydrogen-bond acceptors (Lipinski definition) is 6. The monoisotopic (exact) mass is 487 g/mol. The summed E-state index contributed by atoms with van der Waals surface area (Å²) < 4.78 is 0. The summed E-state index contributed by atoms with van der Waals surface area (Å²) >= 11 is 1.64. The molecule has 3 amide bonds. The topological polar surface area (TPSA) is 101 Å². The van der Waals surface area contributed by atoms with Crippen molar-refractivity contribution in [3.05, 3.63) is 51.5 Å². The number of rotatable bonds is 10. The molecule has 2 aromatic heterocycles. The van der Waals surface area contributed by atoms with E-state index < -0.39 is 5.91 Å². The molecule has 0 aromatic carbocycles. The van der Waals surface area contributed by atoms with Gasteiger partial charge in [-0.1, -0.05) is 0 Å². The smallest absolute Gasteiger partial charge is 0.341 e. The van der Waals surface area contributed by atoms with Crippen LogP contribution >= 0.6 is 11.3 Å². The van der Waals surface area contributed by atoms with Crippen LogP contribution < -0.4 is 11.2 Å². The highest BCUT2D eigenvalue weighted by Gasteiger charge is 2.30. The number of nitrogens with zero attached hydrogens (tertiary/aromatic N) is 3. The van der Waals surface area contributed by atoms with E-state index in [2.05, 4.69) is 33.7 Å². The maximum absolute atomic E-state index is 12.9. The van der Waals surface area contributed by atoms with Gasteiger partial charge >= 0.3 is 6.03 Å². The normalized spacial score (nSPS) is 15.9. The number of amides is 3. The molecule has 1 saturated heterocycles. The molecule has 3 N–H and O–H groups in total. The van der Waals surface area contributed by atoms with Crippen molar-refractivity contribution in [3.8, 4) is 0 Å². The summed E-state index contributed by atoms with van der Waals surface area (Å²) in [7, 11) is 0. The van der Waals surface area contributed by atoms with Gasteiger partial charge in [0.25, 0.3) is 5.91 Å². The van der Waals surface area contributed by atoms with Crippen LogP contribution in [0.4, 0.5) is 4.79 Å². The number of thiophene rings is 1. The van der Waals surface area contributed by atoms with Gasteiger partial charge in [0.15, 0.2) is 0 Å². The molecule has 34 heavy (non-hydrogen) atoms. The lowest BCUT2D eigenvalue weighted by Gasteiger charge is -2.40. The van der Waals surface area contributed by atoms with Crippen molar-refractivity contribution in [3.63, 3.8) is 0 Å². The third-order valence-corrected chi connectivity index (χ3v) is 7.15. The minimum Gasteiger partial charge on any atom is -0.366 e. The van der Waals surface area contributed by atoms with Crippen LogP contribution in [0.2, 0.25) is 0 Å². The van der Waals surface area contributed by atoms with Crippen LogP contribution in [0.5, 0.6) is 0 Å². The Labute approximate surface area is 206 Å². The van der Waals surface area contributed by atoms with Crippen molar-refractivity contribution < 1.29 is 14.4 Å². The van der Waals surface area contributed by atoms with Crippen LogP contribution in [0.1, 0.15) is 67.2 Å². The predicted octanol–water partition coefficient (Wildman–Crippen LogP) is 3.89. The first-order valence-corrected chi connectivity index (χ1v) is 12.9. The average Bonchev–Trinajstić information content (AvgIpc) is 3.32. The van der Waals surface area contributed by atoms with Gasteiger partial charge < -0.3 is 15.5 Å². The van der Waals surface area contributed by atoms with Crippen LogP contribution in [0, 0.1) is 6.92 Å². The number of carbonyl (C=O) groups excluding carboxylic acids is 2. The summed E-state index contributed by atoms with van der Waals surface area (Å²) in [4.78, 5) is 38.9. The summed E-state index contributed by atoms with van der Waals surface area (Å²) in [6.07, 6.45) is 5.07. The third-order valence-electron chi connectivity index (χ3n) is 6.42. The van der Waals surface area contributed by atoms with Crippen LogP contribution in [-0.2, 0) is 17.8 Å². The van der Waals surface area contributed by atoms with E-state index in [1.54, 1.807) is 17.5 Å². The molecule has 0 spiro atoms. The Hall–Kier alpha value is -2.49. The fourth-order valence-corrected chi connectivity index (χ4v) is 5.14. The van der Waals surface area contributed by atoms with Crippen molar-refractivity contribution in [2.45, 2.75) is 78.1 Å². The highest BCUT2D eigenvalue weighted by Crippen LogP contribution is 2.23.